The first-order chi connectivity index (χ1) is 19.2. The first-order valence-electron chi connectivity index (χ1n) is 14.1. The number of carbonyl (C=O) groups is 3. The van der Waals surface area contributed by atoms with Crippen molar-refractivity contribution in [1.29, 1.82) is 0 Å². The summed E-state index contributed by atoms with van der Waals surface area (Å²) in [6, 6.07) is 8.48. The van der Waals surface area contributed by atoms with Crippen LogP contribution in [0.25, 0.3) is 0 Å². The molecule has 0 radical (unpaired) electrons. The Hall–Kier alpha value is -3.66. The molecule has 10 heteroatoms. The number of rotatable bonds is 8. The van der Waals surface area contributed by atoms with Crippen LogP contribution in [0.2, 0.25) is 0 Å². The lowest BCUT2D eigenvalue weighted by atomic mass is 9.70. The van der Waals surface area contributed by atoms with Crippen LogP contribution in [0.5, 0.6) is 5.75 Å². The molecule has 2 N–H and O–H groups in total. The Morgan fingerprint density at radius 1 is 1.12 bits per heavy atom. The molecular formula is C30H36N4O6. The molecule has 6 rings (SSSR count). The predicted molar refractivity (Wildman–Crippen MR) is 145 cm³/mol. The third-order valence-electron chi connectivity index (χ3n) is 8.96. The van der Waals surface area contributed by atoms with Crippen molar-refractivity contribution in [2.75, 3.05) is 19.0 Å². The zero-order valence-electron chi connectivity index (χ0n) is 23.1. The first kappa shape index (κ1) is 26.6. The van der Waals surface area contributed by atoms with Crippen LogP contribution in [0.4, 0.5) is 5.82 Å². The van der Waals surface area contributed by atoms with Gasteiger partial charge in [0.2, 0.25) is 17.7 Å². The van der Waals surface area contributed by atoms with Gasteiger partial charge in [0.1, 0.15) is 23.2 Å². The second kappa shape index (κ2) is 10.1. The SMILES string of the molecule is COc1ccc(CCN2C(=O)[C@H]3[C@H](C(=O)Nc4cc(C)on4)[C@]4(C)C=C[C@]3(O4)[C@H]2C(=O)NC2CCCCC2)cc1. The van der Waals surface area contributed by atoms with E-state index in [1.807, 2.05) is 36.4 Å². The van der Waals surface area contributed by atoms with Crippen LogP contribution in [0.1, 0.15) is 50.4 Å². The van der Waals surface area contributed by atoms with Crippen molar-refractivity contribution in [3.05, 3.63) is 53.8 Å². The van der Waals surface area contributed by atoms with E-state index in [-0.39, 0.29) is 29.6 Å². The summed E-state index contributed by atoms with van der Waals surface area (Å²) in [6.07, 6.45) is 9.38. The van der Waals surface area contributed by atoms with Crippen molar-refractivity contribution >= 4 is 23.5 Å². The lowest BCUT2D eigenvalue weighted by Gasteiger charge is -2.34. The van der Waals surface area contributed by atoms with Crippen LogP contribution in [-0.2, 0) is 25.5 Å². The van der Waals surface area contributed by atoms with E-state index in [9.17, 15) is 14.4 Å². The molecule has 1 spiro atoms. The summed E-state index contributed by atoms with van der Waals surface area (Å²) in [4.78, 5) is 43.5. The molecule has 2 aromatic rings. The van der Waals surface area contributed by atoms with E-state index in [1.165, 1.54) is 6.42 Å². The van der Waals surface area contributed by atoms with Gasteiger partial charge in [-0.3, -0.25) is 14.4 Å². The van der Waals surface area contributed by atoms with Gasteiger partial charge in [-0.05, 0) is 50.8 Å². The molecule has 10 nitrogen and oxygen atoms in total. The van der Waals surface area contributed by atoms with Gasteiger partial charge in [-0.15, -0.1) is 0 Å². The summed E-state index contributed by atoms with van der Waals surface area (Å²) in [5, 5.41) is 9.90. The Balaban J connectivity index is 1.31. The van der Waals surface area contributed by atoms with Gasteiger partial charge in [0.05, 0.1) is 24.5 Å². The molecule has 1 aromatic heterocycles. The smallest absolute Gasteiger partial charge is 0.246 e. The fourth-order valence-corrected chi connectivity index (χ4v) is 7.07. The molecule has 4 aliphatic rings. The summed E-state index contributed by atoms with van der Waals surface area (Å²) >= 11 is 0. The average Bonchev–Trinajstić information content (AvgIpc) is 3.65. The molecule has 40 heavy (non-hydrogen) atoms. The molecule has 3 amide bonds. The number of likely N-dealkylation sites (tertiary alicyclic amines) is 1. The van der Waals surface area contributed by atoms with Crippen molar-refractivity contribution in [3.63, 3.8) is 0 Å². The van der Waals surface area contributed by atoms with Crippen LogP contribution in [-0.4, -0.2) is 64.7 Å². The molecule has 1 saturated carbocycles. The fourth-order valence-electron chi connectivity index (χ4n) is 7.07. The van der Waals surface area contributed by atoms with E-state index in [0.717, 1.165) is 37.0 Å². The summed E-state index contributed by atoms with van der Waals surface area (Å²) in [7, 11) is 1.62. The zero-order chi connectivity index (χ0) is 28.1. The van der Waals surface area contributed by atoms with Crippen molar-refractivity contribution in [2.24, 2.45) is 11.8 Å². The Morgan fingerprint density at radius 2 is 1.88 bits per heavy atom. The number of hydrogen-bond acceptors (Lipinski definition) is 7. The number of anilines is 1. The molecular weight excluding hydrogens is 512 g/mol. The van der Waals surface area contributed by atoms with Crippen LogP contribution in [0.15, 0.2) is 47.0 Å². The van der Waals surface area contributed by atoms with Crippen molar-refractivity contribution in [2.45, 2.75) is 75.7 Å². The Bertz CT molecular complexity index is 1330. The van der Waals surface area contributed by atoms with Gasteiger partial charge in [-0.2, -0.15) is 0 Å². The fraction of sp³-hybridized carbons (Fsp3) is 0.533. The number of nitrogens with zero attached hydrogens (tertiary/aromatic N) is 2. The van der Waals surface area contributed by atoms with Gasteiger partial charge in [0, 0.05) is 18.7 Å². The lowest BCUT2D eigenvalue weighted by Crippen LogP contribution is -2.57. The predicted octanol–water partition coefficient (Wildman–Crippen LogP) is 3.16. The zero-order valence-corrected chi connectivity index (χ0v) is 23.1. The van der Waals surface area contributed by atoms with Crippen molar-refractivity contribution < 1.29 is 28.4 Å². The number of benzene rings is 1. The third kappa shape index (κ3) is 4.38. The molecule has 212 valence electrons. The Kier molecular flexibility index (Phi) is 6.68. The molecule has 2 bridgehead atoms. The van der Waals surface area contributed by atoms with Crippen LogP contribution in [0, 0.1) is 18.8 Å². The molecule has 5 atom stereocenters. The largest absolute Gasteiger partial charge is 0.497 e. The minimum atomic E-state index is -1.23. The van der Waals surface area contributed by atoms with E-state index in [4.69, 9.17) is 14.0 Å². The number of fused-ring (bicyclic) bond motifs is 1. The van der Waals surface area contributed by atoms with E-state index in [1.54, 1.807) is 31.9 Å². The maximum atomic E-state index is 14.2. The van der Waals surface area contributed by atoms with Gasteiger partial charge in [0.15, 0.2) is 5.82 Å². The van der Waals surface area contributed by atoms with Gasteiger partial charge in [-0.25, -0.2) is 0 Å². The van der Waals surface area contributed by atoms with Crippen molar-refractivity contribution in [3.8, 4) is 5.75 Å². The highest BCUT2D eigenvalue weighted by Gasteiger charge is 2.76. The number of carbonyl (C=O) groups excluding carboxylic acids is 3. The monoisotopic (exact) mass is 548 g/mol. The van der Waals surface area contributed by atoms with Crippen LogP contribution >= 0.6 is 0 Å². The molecule has 4 heterocycles. The molecule has 1 aliphatic carbocycles. The van der Waals surface area contributed by atoms with Crippen LogP contribution < -0.4 is 15.4 Å². The Morgan fingerprint density at radius 3 is 2.55 bits per heavy atom. The minimum Gasteiger partial charge on any atom is -0.497 e. The summed E-state index contributed by atoms with van der Waals surface area (Å²) < 4.78 is 17.0. The van der Waals surface area contributed by atoms with E-state index in [0.29, 0.717) is 18.7 Å². The molecule has 2 saturated heterocycles. The maximum Gasteiger partial charge on any atom is 0.246 e. The first-order valence-corrected chi connectivity index (χ1v) is 14.1. The maximum absolute atomic E-state index is 14.2. The number of hydrogen-bond donors (Lipinski definition) is 2. The number of amides is 3. The highest BCUT2D eigenvalue weighted by Crippen LogP contribution is 2.59. The number of aryl methyl sites for hydroxylation is 1. The second-order valence-electron chi connectivity index (χ2n) is 11.6. The highest BCUT2D eigenvalue weighted by atomic mass is 16.5. The highest BCUT2D eigenvalue weighted by molar-refractivity contribution is 6.03. The van der Waals surface area contributed by atoms with E-state index < -0.39 is 29.1 Å². The quantitative estimate of drug-likeness (QED) is 0.486. The number of nitrogens with one attached hydrogen (secondary N) is 2. The molecule has 3 aliphatic heterocycles. The second-order valence-corrected chi connectivity index (χ2v) is 11.6. The number of aromatic nitrogens is 1. The average molecular weight is 549 g/mol. The van der Waals surface area contributed by atoms with Gasteiger partial charge < -0.3 is 29.5 Å². The van der Waals surface area contributed by atoms with Gasteiger partial charge in [0.25, 0.3) is 0 Å². The third-order valence-corrected chi connectivity index (χ3v) is 8.96. The minimum absolute atomic E-state index is 0.0721. The summed E-state index contributed by atoms with van der Waals surface area (Å²) in [6.45, 7) is 3.86. The molecule has 1 aromatic carbocycles. The normalized spacial score (nSPS) is 30.9. The standard InChI is InChI=1S/C30H36N4O6/c1-18-17-22(33-39-18)32-26(35)23-24-28(37)34(16-13-19-9-11-21(38-3)12-10-19)25(30(24)15-14-29(23,2)40-30)27(36)31-20-7-5-4-6-8-20/h9-12,14-15,17,20,23-25H,4-8,13,16H2,1-3H3,(H,31,36)(H,32,33,35)/t23-,24-,25-,29+,30-/m1/s1. The number of methoxy groups -OCH3 is 1. The van der Waals surface area contributed by atoms with Crippen LogP contribution in [0.3, 0.4) is 0 Å². The van der Waals surface area contributed by atoms with Gasteiger partial charge in [-0.1, -0.05) is 48.7 Å². The lowest BCUT2D eigenvalue weighted by molar-refractivity contribution is -0.144. The van der Waals surface area contributed by atoms with Gasteiger partial charge >= 0.3 is 0 Å². The molecule has 3 fully saturated rings. The topological polar surface area (TPSA) is 123 Å². The molecule has 0 unspecified atom stereocenters. The summed E-state index contributed by atoms with van der Waals surface area (Å²) in [5.74, 6) is -0.945. The van der Waals surface area contributed by atoms with E-state index in [2.05, 4.69) is 15.8 Å². The summed E-state index contributed by atoms with van der Waals surface area (Å²) in [5.41, 5.74) is -1.25. The Labute approximate surface area is 233 Å². The van der Waals surface area contributed by atoms with Crippen molar-refractivity contribution in [1.82, 2.24) is 15.4 Å². The number of ether oxygens (including phenoxy) is 2. The van der Waals surface area contributed by atoms with E-state index >= 15 is 0 Å².